The van der Waals surface area contributed by atoms with Crippen molar-refractivity contribution in [1.82, 2.24) is 24.9 Å². The zero-order valence-electron chi connectivity index (χ0n) is 11.5. The number of aromatic nitrogens is 5. The molecule has 0 saturated heterocycles. The molecule has 1 fully saturated rings. The maximum Gasteiger partial charge on any atom is 0.230 e. The molecule has 1 aliphatic rings. The van der Waals surface area contributed by atoms with Crippen molar-refractivity contribution in [2.45, 2.75) is 31.6 Å². The molecule has 0 spiro atoms. The average Bonchev–Trinajstić information content (AvgIpc) is 3.27. The highest BCUT2D eigenvalue weighted by atomic mass is 16.5. The van der Waals surface area contributed by atoms with Crippen LogP contribution < -0.4 is 0 Å². The third-order valence-corrected chi connectivity index (χ3v) is 3.89. The molecule has 0 bridgehead atoms. The minimum absolute atomic E-state index is 0.433. The van der Waals surface area contributed by atoms with Gasteiger partial charge in [-0.25, -0.2) is 9.67 Å². The molecular formula is C15H15N5O. The van der Waals surface area contributed by atoms with Gasteiger partial charge in [-0.05, 0) is 31.0 Å². The van der Waals surface area contributed by atoms with Gasteiger partial charge in [0.15, 0.2) is 5.82 Å². The molecule has 106 valence electrons. The quantitative estimate of drug-likeness (QED) is 0.738. The highest BCUT2D eigenvalue weighted by molar-refractivity contribution is 5.53. The van der Waals surface area contributed by atoms with Crippen molar-refractivity contribution < 1.29 is 4.52 Å². The highest BCUT2D eigenvalue weighted by Crippen LogP contribution is 2.33. The van der Waals surface area contributed by atoms with Crippen LogP contribution in [0.5, 0.6) is 0 Å². The molecule has 0 amide bonds. The van der Waals surface area contributed by atoms with Gasteiger partial charge in [-0.3, -0.25) is 0 Å². The Hall–Kier alpha value is -2.50. The smallest absolute Gasteiger partial charge is 0.230 e. The Balaban J connectivity index is 1.58. The lowest BCUT2D eigenvalue weighted by Gasteiger charge is -2.01. The SMILES string of the molecule is c1cnn(-c2ccc(-c3noc(C4CCCC4)n3)cn2)c1. The Morgan fingerprint density at radius 2 is 2.10 bits per heavy atom. The average molecular weight is 281 g/mol. The van der Waals surface area contributed by atoms with E-state index in [2.05, 4.69) is 20.2 Å². The van der Waals surface area contributed by atoms with E-state index in [9.17, 15) is 0 Å². The van der Waals surface area contributed by atoms with Gasteiger partial charge < -0.3 is 4.52 Å². The number of nitrogens with zero attached hydrogens (tertiary/aromatic N) is 5. The van der Waals surface area contributed by atoms with Gasteiger partial charge in [0, 0.05) is 30.1 Å². The highest BCUT2D eigenvalue weighted by Gasteiger charge is 2.23. The summed E-state index contributed by atoms with van der Waals surface area (Å²) >= 11 is 0. The van der Waals surface area contributed by atoms with E-state index < -0.39 is 0 Å². The van der Waals surface area contributed by atoms with Crippen LogP contribution in [0.2, 0.25) is 0 Å². The lowest BCUT2D eigenvalue weighted by molar-refractivity contribution is 0.354. The maximum atomic E-state index is 5.40. The summed E-state index contributed by atoms with van der Waals surface area (Å²) in [7, 11) is 0. The van der Waals surface area contributed by atoms with E-state index in [1.54, 1.807) is 17.1 Å². The van der Waals surface area contributed by atoms with E-state index in [0.29, 0.717) is 11.7 Å². The molecule has 3 heterocycles. The Labute approximate surface area is 121 Å². The summed E-state index contributed by atoms with van der Waals surface area (Å²) in [6.45, 7) is 0. The van der Waals surface area contributed by atoms with Crippen LogP contribution in [0.4, 0.5) is 0 Å². The predicted octanol–water partition coefficient (Wildman–Crippen LogP) is 2.97. The predicted molar refractivity (Wildman–Crippen MR) is 75.9 cm³/mol. The second kappa shape index (κ2) is 5.12. The van der Waals surface area contributed by atoms with Crippen molar-refractivity contribution >= 4 is 0 Å². The van der Waals surface area contributed by atoms with Crippen molar-refractivity contribution in [2.24, 2.45) is 0 Å². The van der Waals surface area contributed by atoms with Gasteiger partial charge in [-0.15, -0.1) is 0 Å². The molecule has 0 aliphatic heterocycles. The van der Waals surface area contributed by atoms with Gasteiger partial charge in [-0.1, -0.05) is 18.0 Å². The standard InChI is InChI=1S/C15H15N5O/c1-2-5-11(4-1)15-18-14(19-21-15)12-6-7-13(16-10-12)20-9-3-8-17-20/h3,6-11H,1-2,4-5H2. The molecule has 4 rings (SSSR count). The van der Waals surface area contributed by atoms with Crippen LogP contribution >= 0.6 is 0 Å². The van der Waals surface area contributed by atoms with Gasteiger partial charge >= 0.3 is 0 Å². The Kier molecular flexibility index (Phi) is 2.99. The Morgan fingerprint density at radius 3 is 2.81 bits per heavy atom. The minimum Gasteiger partial charge on any atom is -0.339 e. The summed E-state index contributed by atoms with van der Waals surface area (Å²) in [5.74, 6) is 2.57. The van der Waals surface area contributed by atoms with Gasteiger partial charge in [0.25, 0.3) is 0 Å². The Bertz CT molecular complexity index is 711. The van der Waals surface area contributed by atoms with Gasteiger partial charge in [0.1, 0.15) is 0 Å². The number of rotatable bonds is 3. The molecule has 0 radical (unpaired) electrons. The summed E-state index contributed by atoms with van der Waals surface area (Å²) in [6.07, 6.45) is 10.1. The van der Waals surface area contributed by atoms with Crippen molar-refractivity contribution in [3.8, 4) is 17.2 Å². The minimum atomic E-state index is 0.433. The Morgan fingerprint density at radius 1 is 1.19 bits per heavy atom. The second-order valence-corrected chi connectivity index (χ2v) is 5.29. The third kappa shape index (κ3) is 2.33. The molecule has 1 saturated carbocycles. The first-order chi connectivity index (χ1) is 10.4. The van der Waals surface area contributed by atoms with E-state index in [1.807, 2.05) is 24.4 Å². The molecule has 6 nitrogen and oxygen atoms in total. The zero-order chi connectivity index (χ0) is 14.1. The number of pyridine rings is 1. The van der Waals surface area contributed by atoms with E-state index >= 15 is 0 Å². The molecule has 0 aromatic carbocycles. The molecule has 3 aromatic heterocycles. The summed E-state index contributed by atoms with van der Waals surface area (Å²) in [6, 6.07) is 5.70. The molecule has 1 aliphatic carbocycles. The number of hydrogen-bond donors (Lipinski definition) is 0. The summed E-state index contributed by atoms with van der Waals surface area (Å²) < 4.78 is 7.11. The van der Waals surface area contributed by atoms with Crippen molar-refractivity contribution in [2.75, 3.05) is 0 Å². The van der Waals surface area contributed by atoms with Crippen molar-refractivity contribution in [1.29, 1.82) is 0 Å². The molecule has 0 atom stereocenters. The first-order valence-electron chi connectivity index (χ1n) is 7.20. The fraction of sp³-hybridized carbons (Fsp3) is 0.333. The summed E-state index contributed by atoms with van der Waals surface area (Å²) in [5.41, 5.74) is 0.860. The van der Waals surface area contributed by atoms with Crippen molar-refractivity contribution in [3.05, 3.63) is 42.7 Å². The molecular weight excluding hydrogens is 266 g/mol. The lowest BCUT2D eigenvalue weighted by atomic mass is 10.1. The lowest BCUT2D eigenvalue weighted by Crippen LogP contribution is -1.97. The first-order valence-corrected chi connectivity index (χ1v) is 7.20. The monoisotopic (exact) mass is 281 g/mol. The van der Waals surface area contributed by atoms with Crippen LogP contribution in [-0.4, -0.2) is 24.9 Å². The van der Waals surface area contributed by atoms with Gasteiger partial charge in [-0.2, -0.15) is 10.1 Å². The van der Waals surface area contributed by atoms with Crippen LogP contribution in [-0.2, 0) is 0 Å². The first kappa shape index (κ1) is 12.3. The molecule has 0 N–H and O–H groups in total. The van der Waals surface area contributed by atoms with Crippen LogP contribution in [0.3, 0.4) is 0 Å². The van der Waals surface area contributed by atoms with Gasteiger partial charge in [0.05, 0.1) is 0 Å². The molecule has 21 heavy (non-hydrogen) atoms. The van der Waals surface area contributed by atoms with Crippen LogP contribution in [0.15, 0.2) is 41.3 Å². The van der Waals surface area contributed by atoms with Crippen molar-refractivity contribution in [3.63, 3.8) is 0 Å². The second-order valence-electron chi connectivity index (χ2n) is 5.29. The zero-order valence-corrected chi connectivity index (χ0v) is 11.5. The maximum absolute atomic E-state index is 5.40. The van der Waals surface area contributed by atoms with E-state index in [1.165, 1.54) is 12.8 Å². The van der Waals surface area contributed by atoms with E-state index in [0.717, 1.165) is 30.1 Å². The fourth-order valence-corrected chi connectivity index (χ4v) is 2.75. The molecule has 6 heteroatoms. The largest absolute Gasteiger partial charge is 0.339 e. The van der Waals surface area contributed by atoms with Crippen LogP contribution in [0, 0.1) is 0 Å². The van der Waals surface area contributed by atoms with E-state index in [-0.39, 0.29) is 0 Å². The van der Waals surface area contributed by atoms with Crippen LogP contribution in [0.1, 0.15) is 37.5 Å². The molecule has 0 unspecified atom stereocenters. The van der Waals surface area contributed by atoms with Crippen LogP contribution in [0.25, 0.3) is 17.2 Å². The van der Waals surface area contributed by atoms with Gasteiger partial charge in [0.2, 0.25) is 11.7 Å². The summed E-state index contributed by atoms with van der Waals surface area (Å²) in [4.78, 5) is 8.90. The molecule has 3 aromatic rings. The van der Waals surface area contributed by atoms with E-state index in [4.69, 9.17) is 4.52 Å². The summed E-state index contributed by atoms with van der Waals surface area (Å²) in [5, 5.41) is 8.22. The topological polar surface area (TPSA) is 69.6 Å². The third-order valence-electron chi connectivity index (χ3n) is 3.89. The normalized spacial score (nSPS) is 15.6. The fourth-order valence-electron chi connectivity index (χ4n) is 2.75. The number of hydrogen-bond acceptors (Lipinski definition) is 5.